The first-order chi connectivity index (χ1) is 14.0. The molecule has 1 aliphatic rings. The number of halogens is 2. The van der Waals surface area contributed by atoms with Crippen molar-refractivity contribution in [3.63, 3.8) is 0 Å². The average Bonchev–Trinajstić information content (AvgIpc) is 2.73. The Hall–Kier alpha value is -2.31. The van der Waals surface area contributed by atoms with Gasteiger partial charge in [-0.05, 0) is 43.3 Å². The summed E-state index contributed by atoms with van der Waals surface area (Å²) in [5, 5.41) is 0.721. The molecule has 2 aromatic carbocycles. The van der Waals surface area contributed by atoms with E-state index in [0.717, 1.165) is 40.8 Å². The van der Waals surface area contributed by atoms with Crippen molar-refractivity contribution in [2.75, 3.05) is 51.3 Å². The number of rotatable bonds is 7. The van der Waals surface area contributed by atoms with Gasteiger partial charge in [0.15, 0.2) is 18.1 Å². The predicted molar refractivity (Wildman–Crippen MR) is 113 cm³/mol. The highest BCUT2D eigenvalue weighted by Crippen LogP contribution is 2.21. The summed E-state index contributed by atoms with van der Waals surface area (Å²) in [6.45, 7) is 6.81. The summed E-state index contributed by atoms with van der Waals surface area (Å²) in [7, 11) is 1.45. The molecule has 1 atom stereocenters. The zero-order valence-electron chi connectivity index (χ0n) is 17.0. The van der Waals surface area contributed by atoms with E-state index >= 15 is 0 Å². The molecule has 0 radical (unpaired) electrons. The van der Waals surface area contributed by atoms with Gasteiger partial charge in [0.1, 0.15) is 6.54 Å². The molecule has 1 unspecified atom stereocenters. The molecule has 0 saturated carbocycles. The number of anilines is 1. The van der Waals surface area contributed by atoms with Gasteiger partial charge in [0, 0.05) is 42.5 Å². The zero-order chi connectivity index (χ0) is 20.8. The molecule has 29 heavy (non-hydrogen) atoms. The normalized spacial score (nSPS) is 15.3. The molecule has 1 amide bonds. The number of piperazine rings is 1. The molecule has 0 bridgehead atoms. The van der Waals surface area contributed by atoms with Crippen molar-refractivity contribution in [3.8, 4) is 5.75 Å². The third-order valence-corrected chi connectivity index (χ3v) is 5.61. The predicted octanol–water partition coefficient (Wildman–Crippen LogP) is 2.24. The highest BCUT2D eigenvalue weighted by Gasteiger charge is 2.24. The fourth-order valence-electron chi connectivity index (χ4n) is 3.63. The lowest BCUT2D eigenvalue weighted by Gasteiger charge is -2.36. The highest BCUT2D eigenvalue weighted by molar-refractivity contribution is 6.30. The van der Waals surface area contributed by atoms with Crippen LogP contribution in [-0.4, -0.2) is 57.2 Å². The third kappa shape index (κ3) is 5.61. The minimum absolute atomic E-state index is 0.140. The molecule has 0 aliphatic carbocycles. The van der Waals surface area contributed by atoms with E-state index in [1.165, 1.54) is 13.2 Å². The number of amides is 1. The second-order valence-corrected chi connectivity index (χ2v) is 7.71. The first-order valence-electron chi connectivity index (χ1n) is 9.94. The van der Waals surface area contributed by atoms with Crippen molar-refractivity contribution >= 4 is 23.2 Å². The molecule has 5 nitrogen and oxygen atoms in total. The van der Waals surface area contributed by atoms with Gasteiger partial charge in [-0.2, -0.15) is 0 Å². The second-order valence-electron chi connectivity index (χ2n) is 7.27. The van der Waals surface area contributed by atoms with Crippen molar-refractivity contribution in [1.29, 1.82) is 0 Å². The lowest BCUT2D eigenvalue weighted by molar-refractivity contribution is -0.904. The standard InChI is InChI=1S/C22H27ClFN3O2/c1-3-25(15-17-7-8-21(29-2)20(24)13-17)16-22(28)27-11-9-26(10-12-27)19-6-4-5-18(23)14-19/h4-8,13-14H,3,9-12,15-16H2,1-2H3/p+1. The SMILES string of the molecule is CC[NH+](CC(=O)N1CCN(c2cccc(Cl)c2)CC1)Cc1ccc(OC)c(F)c1. The Morgan fingerprint density at radius 1 is 1.17 bits per heavy atom. The molecule has 0 aromatic heterocycles. The zero-order valence-corrected chi connectivity index (χ0v) is 17.7. The Balaban J connectivity index is 1.53. The monoisotopic (exact) mass is 420 g/mol. The number of carbonyl (C=O) groups is 1. The number of nitrogens with zero attached hydrogens (tertiary/aromatic N) is 2. The Kier molecular flexibility index (Phi) is 7.34. The van der Waals surface area contributed by atoms with E-state index in [0.29, 0.717) is 26.2 Å². The van der Waals surface area contributed by atoms with E-state index in [1.807, 2.05) is 42.2 Å². The second kappa shape index (κ2) is 9.94. The van der Waals surface area contributed by atoms with E-state index in [-0.39, 0.29) is 17.5 Å². The number of benzene rings is 2. The van der Waals surface area contributed by atoms with Gasteiger partial charge in [-0.25, -0.2) is 4.39 Å². The molecule has 1 saturated heterocycles. The number of ether oxygens (including phenoxy) is 1. The average molecular weight is 421 g/mol. The quantitative estimate of drug-likeness (QED) is 0.746. The molecule has 156 valence electrons. The molecule has 7 heteroatoms. The number of quaternary nitrogens is 1. The van der Waals surface area contributed by atoms with Crippen molar-refractivity contribution in [3.05, 3.63) is 58.9 Å². The number of hydrogen-bond acceptors (Lipinski definition) is 3. The van der Waals surface area contributed by atoms with Crippen LogP contribution in [0.15, 0.2) is 42.5 Å². The van der Waals surface area contributed by atoms with Crippen LogP contribution in [0.5, 0.6) is 5.75 Å². The van der Waals surface area contributed by atoms with Gasteiger partial charge in [-0.3, -0.25) is 4.79 Å². The maximum atomic E-state index is 13.9. The fourth-order valence-corrected chi connectivity index (χ4v) is 3.82. The Morgan fingerprint density at radius 2 is 1.93 bits per heavy atom. The lowest BCUT2D eigenvalue weighted by Crippen LogP contribution is -3.11. The van der Waals surface area contributed by atoms with Gasteiger partial charge in [0.05, 0.1) is 13.7 Å². The highest BCUT2D eigenvalue weighted by atomic mass is 35.5. The molecule has 1 heterocycles. The Labute approximate surface area is 176 Å². The first kappa shape index (κ1) is 21.4. The third-order valence-electron chi connectivity index (χ3n) is 5.38. The summed E-state index contributed by atoms with van der Waals surface area (Å²) < 4.78 is 18.9. The Morgan fingerprint density at radius 3 is 2.55 bits per heavy atom. The molecule has 0 spiro atoms. The van der Waals surface area contributed by atoms with Gasteiger partial charge in [-0.15, -0.1) is 0 Å². The van der Waals surface area contributed by atoms with Gasteiger partial charge in [0.25, 0.3) is 5.91 Å². The van der Waals surface area contributed by atoms with Crippen molar-refractivity contribution in [2.45, 2.75) is 13.5 Å². The fraction of sp³-hybridized carbons (Fsp3) is 0.409. The van der Waals surface area contributed by atoms with Crippen molar-refractivity contribution in [2.24, 2.45) is 0 Å². The number of carbonyl (C=O) groups excluding carboxylic acids is 1. The maximum absolute atomic E-state index is 13.9. The molecule has 1 N–H and O–H groups in total. The van der Waals surface area contributed by atoms with Crippen LogP contribution in [0.4, 0.5) is 10.1 Å². The minimum atomic E-state index is -0.371. The topological polar surface area (TPSA) is 37.2 Å². The molecular weight excluding hydrogens is 393 g/mol. The van der Waals surface area contributed by atoms with Crippen LogP contribution in [0.3, 0.4) is 0 Å². The van der Waals surface area contributed by atoms with Crippen LogP contribution in [-0.2, 0) is 11.3 Å². The number of likely N-dealkylation sites (N-methyl/N-ethyl adjacent to an activating group) is 1. The van der Waals surface area contributed by atoms with Crippen LogP contribution in [0.2, 0.25) is 5.02 Å². The molecule has 1 fully saturated rings. The Bertz CT molecular complexity index is 841. The van der Waals surface area contributed by atoms with Gasteiger partial charge < -0.3 is 19.4 Å². The van der Waals surface area contributed by atoms with Crippen LogP contribution >= 0.6 is 11.6 Å². The molecular formula is C22H28ClFN3O2+. The van der Waals surface area contributed by atoms with Crippen LogP contribution in [0, 0.1) is 5.82 Å². The van der Waals surface area contributed by atoms with Gasteiger partial charge in [-0.1, -0.05) is 17.7 Å². The summed E-state index contributed by atoms with van der Waals surface area (Å²) in [6.07, 6.45) is 0. The van der Waals surface area contributed by atoms with Crippen LogP contribution in [0.25, 0.3) is 0 Å². The molecule has 2 aromatic rings. The molecule has 3 rings (SSSR count). The van der Waals surface area contributed by atoms with Gasteiger partial charge >= 0.3 is 0 Å². The minimum Gasteiger partial charge on any atom is -0.494 e. The molecule has 1 aliphatic heterocycles. The van der Waals surface area contributed by atoms with E-state index in [4.69, 9.17) is 16.3 Å². The summed E-state index contributed by atoms with van der Waals surface area (Å²) in [5.41, 5.74) is 1.95. The number of hydrogen-bond donors (Lipinski definition) is 1. The van der Waals surface area contributed by atoms with Crippen molar-refractivity contribution < 1.29 is 18.8 Å². The summed E-state index contributed by atoms with van der Waals surface area (Å²) in [4.78, 5) is 18.1. The van der Waals surface area contributed by atoms with Crippen LogP contribution < -0.4 is 14.5 Å². The lowest BCUT2D eigenvalue weighted by atomic mass is 10.2. The van der Waals surface area contributed by atoms with Crippen molar-refractivity contribution in [1.82, 2.24) is 4.90 Å². The van der Waals surface area contributed by atoms with E-state index in [1.54, 1.807) is 6.07 Å². The summed E-state index contributed by atoms with van der Waals surface area (Å²) >= 11 is 6.09. The largest absolute Gasteiger partial charge is 0.494 e. The number of methoxy groups -OCH3 is 1. The van der Waals surface area contributed by atoms with E-state index < -0.39 is 0 Å². The van der Waals surface area contributed by atoms with Crippen LogP contribution in [0.1, 0.15) is 12.5 Å². The summed E-state index contributed by atoms with van der Waals surface area (Å²) in [6, 6.07) is 12.8. The summed E-state index contributed by atoms with van der Waals surface area (Å²) in [5.74, 6) is 0.00550. The maximum Gasteiger partial charge on any atom is 0.277 e. The van der Waals surface area contributed by atoms with E-state index in [2.05, 4.69) is 4.90 Å². The van der Waals surface area contributed by atoms with Gasteiger partial charge in [0.2, 0.25) is 0 Å². The first-order valence-corrected chi connectivity index (χ1v) is 10.3. The number of nitrogens with one attached hydrogen (secondary N) is 1. The smallest absolute Gasteiger partial charge is 0.277 e. The van der Waals surface area contributed by atoms with E-state index in [9.17, 15) is 9.18 Å².